The van der Waals surface area contributed by atoms with E-state index < -0.39 is 32.1 Å². The number of nitrogens with two attached hydrogens (primary N) is 2. The monoisotopic (exact) mass is 1250 g/mol. The van der Waals surface area contributed by atoms with Crippen molar-refractivity contribution in [2.45, 2.75) is 58.3 Å². The fourth-order valence-corrected chi connectivity index (χ4v) is 12.4. The largest absolute Gasteiger partial charge is 0.494 e. The van der Waals surface area contributed by atoms with Gasteiger partial charge >= 0.3 is 7.12 Å². The third kappa shape index (κ3) is 17.8. The Labute approximate surface area is 541 Å². The molecule has 4 unspecified atom stereocenters. The van der Waals surface area contributed by atoms with Crippen LogP contribution in [0.25, 0.3) is 68.4 Å². The lowest BCUT2D eigenvalue weighted by atomic mass is 9.78. The standard InChI is InChI=1S/C72H74BCl2N11O5/c1-46(87)80-62-16-6-13-57(37-62)73(90-44-69(88)81-60-14-4-11-55(35-60)53-23-17-47(18-24-53)21-31-67-83-65-38-58(74)27-29-63(65)71(85-67)78-42-51-9-2-7-49(33-51)40-76)91-45-70(89)82-61-15-5-12-56(36-61)54-25-19-48(20-26-54)22-32-68-84-66-39-59(75)28-30-64(66)72(86-68)79-43-52-10-3-8-50(34-52)41-77/h4-6,11-32,35-39,49-52H,2-3,7-10,33-34,40-45,76-77H2,1H3,(H,80,87)(H,81,88)(H,82,89)(H,78,83,85)(H,79,84,86). The quantitative estimate of drug-likeness (QED) is 0.0279. The zero-order chi connectivity index (χ0) is 63.1. The van der Waals surface area contributed by atoms with Gasteiger partial charge in [-0.15, -0.1) is 0 Å². The summed E-state index contributed by atoms with van der Waals surface area (Å²) in [6.07, 6.45) is 17.1. The normalized spacial score (nSPS) is 16.7. The summed E-state index contributed by atoms with van der Waals surface area (Å²) in [7, 11) is -1.16. The Morgan fingerprint density at radius 2 is 0.945 bits per heavy atom. The molecule has 2 fully saturated rings. The Morgan fingerprint density at radius 3 is 1.40 bits per heavy atom. The number of nitrogens with one attached hydrogen (secondary N) is 5. The summed E-state index contributed by atoms with van der Waals surface area (Å²) in [5, 5.41) is 19.0. The molecule has 2 heterocycles. The molecule has 464 valence electrons. The van der Waals surface area contributed by atoms with Crippen LogP contribution < -0.4 is 43.5 Å². The summed E-state index contributed by atoms with van der Waals surface area (Å²) in [4.78, 5) is 58.7. The average Bonchev–Trinajstić information content (AvgIpc) is 1.51. The Bertz CT molecular complexity index is 3870. The summed E-state index contributed by atoms with van der Waals surface area (Å²) in [6.45, 7) is 3.67. The van der Waals surface area contributed by atoms with Crippen LogP contribution in [0.5, 0.6) is 0 Å². The van der Waals surface area contributed by atoms with Crippen LogP contribution in [-0.4, -0.2) is 84.2 Å². The van der Waals surface area contributed by atoms with Crippen LogP contribution in [0.1, 0.15) is 81.1 Å². The number of rotatable bonds is 24. The maximum absolute atomic E-state index is 13.6. The Kier molecular flexibility index (Phi) is 21.6. The number of benzene rings is 7. The molecule has 91 heavy (non-hydrogen) atoms. The molecule has 0 saturated heterocycles. The minimum Gasteiger partial charge on any atom is -0.398 e. The molecule has 9 N–H and O–H groups in total. The first-order valence-corrected chi connectivity index (χ1v) is 31.9. The van der Waals surface area contributed by atoms with Crippen LogP contribution >= 0.6 is 23.2 Å². The van der Waals surface area contributed by atoms with E-state index in [1.807, 2.05) is 146 Å². The van der Waals surface area contributed by atoms with Crippen LogP contribution in [0.4, 0.5) is 28.7 Å². The number of halogens is 2. The van der Waals surface area contributed by atoms with E-state index in [0.717, 1.165) is 106 Å². The van der Waals surface area contributed by atoms with E-state index in [9.17, 15) is 14.4 Å². The molecule has 0 radical (unpaired) electrons. The van der Waals surface area contributed by atoms with E-state index >= 15 is 0 Å². The molecule has 0 aliphatic heterocycles. The van der Waals surface area contributed by atoms with Crippen LogP contribution in [0.2, 0.25) is 10.0 Å². The van der Waals surface area contributed by atoms with E-state index in [1.165, 1.54) is 45.4 Å². The molecule has 3 amide bonds. The van der Waals surface area contributed by atoms with Gasteiger partial charge in [-0.25, -0.2) is 19.9 Å². The lowest BCUT2D eigenvalue weighted by Gasteiger charge is -2.28. The first-order valence-electron chi connectivity index (χ1n) is 31.2. The number of nitrogens with zero attached hydrogens (tertiary/aromatic N) is 4. The Balaban J connectivity index is 0.694. The van der Waals surface area contributed by atoms with Gasteiger partial charge < -0.3 is 47.4 Å². The van der Waals surface area contributed by atoms with E-state index in [2.05, 4.69) is 26.6 Å². The van der Waals surface area contributed by atoms with Gasteiger partial charge in [0.15, 0.2) is 11.6 Å². The highest BCUT2D eigenvalue weighted by molar-refractivity contribution is 6.61. The van der Waals surface area contributed by atoms with Gasteiger partial charge in [-0.1, -0.05) is 133 Å². The number of carbonyl (C=O) groups excluding carboxylic acids is 3. The van der Waals surface area contributed by atoms with Gasteiger partial charge in [0.1, 0.15) is 24.8 Å². The zero-order valence-corrected chi connectivity index (χ0v) is 52.4. The fourth-order valence-electron chi connectivity index (χ4n) is 12.1. The molecule has 0 spiro atoms. The predicted octanol–water partition coefficient (Wildman–Crippen LogP) is 13.9. The molecule has 2 aliphatic carbocycles. The van der Waals surface area contributed by atoms with Crippen molar-refractivity contribution in [1.82, 2.24) is 19.9 Å². The minimum absolute atomic E-state index is 0.265. The number of aromatic nitrogens is 4. The highest BCUT2D eigenvalue weighted by atomic mass is 35.5. The summed E-state index contributed by atoms with van der Waals surface area (Å²) < 4.78 is 12.2. The van der Waals surface area contributed by atoms with Gasteiger partial charge in [-0.3, -0.25) is 14.4 Å². The molecule has 9 aromatic rings. The highest BCUT2D eigenvalue weighted by Gasteiger charge is 2.26. The van der Waals surface area contributed by atoms with E-state index in [-0.39, 0.29) is 5.91 Å². The predicted molar refractivity (Wildman–Crippen MR) is 372 cm³/mol. The van der Waals surface area contributed by atoms with Crippen molar-refractivity contribution in [3.63, 3.8) is 0 Å². The van der Waals surface area contributed by atoms with E-state index in [1.54, 1.807) is 36.4 Å². The first-order chi connectivity index (χ1) is 44.3. The SMILES string of the molecule is CC(=O)Nc1cccc(B(OCC(=O)Nc2cccc(-c3ccc(C=Cc4nc(NCC5CCCC(CN)C5)c5ccc(Cl)cc5n4)cc3)c2)OCC(=O)Nc2cccc(-c3ccc(C=Cc4nc(NCC5CCCC(CN)C5)c5ccc(Cl)cc5n4)cc3)c2)c1. The van der Waals surface area contributed by atoms with Crippen LogP contribution in [0, 0.1) is 23.7 Å². The van der Waals surface area contributed by atoms with Crippen LogP contribution in [-0.2, 0) is 23.7 Å². The van der Waals surface area contributed by atoms with Crippen molar-refractivity contribution in [3.8, 4) is 22.3 Å². The van der Waals surface area contributed by atoms with Crippen molar-refractivity contribution >= 4 is 128 Å². The van der Waals surface area contributed by atoms with Crippen LogP contribution in [0.15, 0.2) is 158 Å². The topological polar surface area (TPSA) is 233 Å². The summed E-state index contributed by atoms with van der Waals surface area (Å²) in [5.41, 5.74) is 21.3. The molecule has 2 aliphatic rings. The van der Waals surface area contributed by atoms with Gasteiger partial charge in [-0.2, -0.15) is 0 Å². The number of anilines is 5. The molecule has 7 aromatic carbocycles. The minimum atomic E-state index is -1.16. The maximum Gasteiger partial charge on any atom is 0.494 e. The molecular weight excluding hydrogens is 1180 g/mol. The lowest BCUT2D eigenvalue weighted by molar-refractivity contribution is -0.119. The van der Waals surface area contributed by atoms with Gasteiger partial charge in [0.2, 0.25) is 17.7 Å². The molecule has 11 rings (SSSR count). The number of carbonyl (C=O) groups is 3. The smallest absolute Gasteiger partial charge is 0.398 e. The highest BCUT2D eigenvalue weighted by Crippen LogP contribution is 2.33. The number of hydrogen-bond donors (Lipinski definition) is 7. The van der Waals surface area contributed by atoms with Gasteiger partial charge in [0.25, 0.3) is 0 Å². The van der Waals surface area contributed by atoms with Gasteiger partial charge in [0, 0.05) is 57.9 Å². The Hall–Kier alpha value is -8.81. The second kappa shape index (κ2) is 30.8. The lowest BCUT2D eigenvalue weighted by Crippen LogP contribution is -2.41. The molecule has 19 heteroatoms. The molecular formula is C72H74BCl2N11O5. The van der Waals surface area contributed by atoms with Crippen molar-refractivity contribution < 1.29 is 23.7 Å². The summed E-state index contributed by atoms with van der Waals surface area (Å²) >= 11 is 12.8. The third-order valence-corrected chi connectivity index (χ3v) is 17.2. The van der Waals surface area contributed by atoms with E-state index in [4.69, 9.17) is 63.9 Å². The average molecular weight is 1260 g/mol. The van der Waals surface area contributed by atoms with Gasteiger partial charge in [-0.05, 0) is 199 Å². The molecule has 16 nitrogen and oxygen atoms in total. The second-order valence-corrected chi connectivity index (χ2v) is 24.5. The summed E-state index contributed by atoms with van der Waals surface area (Å²) in [6, 6.07) is 49.4. The number of amides is 3. The molecule has 0 bridgehead atoms. The Morgan fingerprint density at radius 1 is 0.505 bits per heavy atom. The van der Waals surface area contributed by atoms with Crippen molar-refractivity contribution in [2.75, 3.05) is 66.0 Å². The summed E-state index contributed by atoms with van der Waals surface area (Å²) in [5.74, 6) is 3.76. The van der Waals surface area contributed by atoms with Gasteiger partial charge in [0.05, 0.1) is 11.0 Å². The number of hydrogen-bond acceptors (Lipinski definition) is 13. The third-order valence-electron chi connectivity index (χ3n) is 16.8. The molecule has 4 atom stereocenters. The molecule has 2 saturated carbocycles. The van der Waals surface area contributed by atoms with E-state index in [0.29, 0.717) is 67.9 Å². The fraction of sp³-hybridized carbons (Fsp3) is 0.264. The number of fused-ring (bicyclic) bond motifs is 2. The van der Waals surface area contributed by atoms with Crippen LogP contribution in [0.3, 0.4) is 0 Å². The van der Waals surface area contributed by atoms with Crippen molar-refractivity contribution in [3.05, 3.63) is 191 Å². The van der Waals surface area contributed by atoms with Crippen molar-refractivity contribution in [1.29, 1.82) is 0 Å². The second-order valence-electron chi connectivity index (χ2n) is 23.6. The zero-order valence-electron chi connectivity index (χ0n) is 50.8. The first kappa shape index (κ1) is 63.8. The van der Waals surface area contributed by atoms with Crippen molar-refractivity contribution in [2.24, 2.45) is 35.1 Å². The maximum atomic E-state index is 13.6. The molecule has 2 aromatic heterocycles.